The molecule has 0 aliphatic heterocycles. The highest BCUT2D eigenvalue weighted by molar-refractivity contribution is 6.31. The molecule has 3 rings (SSSR count). The Morgan fingerprint density at radius 1 is 1.17 bits per heavy atom. The lowest BCUT2D eigenvalue weighted by Crippen LogP contribution is -2.14. The van der Waals surface area contributed by atoms with Gasteiger partial charge in [0.2, 0.25) is 0 Å². The topological polar surface area (TPSA) is 65.8 Å². The van der Waals surface area contributed by atoms with Crippen LogP contribution in [0.25, 0.3) is 0 Å². The third-order valence-electron chi connectivity index (χ3n) is 4.37. The van der Waals surface area contributed by atoms with E-state index < -0.39 is 17.6 Å². The maximum Gasteiger partial charge on any atom is 0.416 e. The summed E-state index contributed by atoms with van der Waals surface area (Å²) in [5.41, 5.74) is -0.741. The molecule has 0 amide bonds. The molecule has 0 saturated heterocycles. The highest BCUT2D eigenvalue weighted by Crippen LogP contribution is 2.35. The van der Waals surface area contributed by atoms with Gasteiger partial charge in [-0.3, -0.25) is 15.2 Å². The van der Waals surface area contributed by atoms with Gasteiger partial charge in [0, 0.05) is 40.0 Å². The molecule has 1 heterocycles. The van der Waals surface area contributed by atoms with Gasteiger partial charge in [-0.1, -0.05) is 23.7 Å². The number of carbonyl (C=O) groups excluding carboxylic acids is 1. The van der Waals surface area contributed by atoms with Crippen LogP contribution in [0.3, 0.4) is 0 Å². The Labute approximate surface area is 174 Å². The first-order valence-corrected chi connectivity index (χ1v) is 8.96. The lowest BCUT2D eigenvalue weighted by Gasteiger charge is -2.17. The third kappa shape index (κ3) is 4.49. The minimum Gasteiger partial charge on any atom is -0.379 e. The molecule has 0 spiro atoms. The second-order valence-corrected chi connectivity index (χ2v) is 6.68. The molecule has 0 unspecified atom stereocenters. The van der Waals surface area contributed by atoms with Gasteiger partial charge < -0.3 is 5.32 Å². The summed E-state index contributed by atoms with van der Waals surface area (Å²) < 4.78 is 54.2. The Morgan fingerprint density at radius 3 is 2.60 bits per heavy atom. The van der Waals surface area contributed by atoms with Crippen molar-refractivity contribution in [2.24, 2.45) is 0 Å². The largest absolute Gasteiger partial charge is 0.416 e. The SMILES string of the molecule is N=C(c1ccc(C=O)cc1F)c1ccncc1NCc1c(Cl)cccc1C(F)(F)F. The Hall–Kier alpha value is -3.26. The van der Waals surface area contributed by atoms with E-state index in [1.807, 2.05) is 0 Å². The van der Waals surface area contributed by atoms with Crippen molar-refractivity contribution < 1.29 is 22.4 Å². The summed E-state index contributed by atoms with van der Waals surface area (Å²) in [5, 5.41) is 11.1. The zero-order valence-corrected chi connectivity index (χ0v) is 16.0. The molecule has 2 N–H and O–H groups in total. The summed E-state index contributed by atoms with van der Waals surface area (Å²) in [6.45, 7) is -0.285. The summed E-state index contributed by atoms with van der Waals surface area (Å²) >= 11 is 5.97. The van der Waals surface area contributed by atoms with E-state index in [9.17, 15) is 22.4 Å². The monoisotopic (exact) mass is 435 g/mol. The molecular formula is C21H14ClF4N3O. The molecule has 154 valence electrons. The predicted octanol–water partition coefficient (Wildman–Crippen LogP) is 5.73. The molecule has 0 saturated carbocycles. The van der Waals surface area contributed by atoms with E-state index in [-0.39, 0.29) is 45.2 Å². The smallest absolute Gasteiger partial charge is 0.379 e. The number of alkyl halides is 3. The van der Waals surface area contributed by atoms with E-state index in [2.05, 4.69) is 10.3 Å². The Bertz CT molecular complexity index is 1120. The molecule has 0 atom stereocenters. The number of hydrogen-bond acceptors (Lipinski definition) is 4. The van der Waals surface area contributed by atoms with Crippen molar-refractivity contribution in [3.8, 4) is 0 Å². The van der Waals surface area contributed by atoms with Crippen molar-refractivity contribution in [2.45, 2.75) is 12.7 Å². The maximum atomic E-state index is 14.3. The molecule has 30 heavy (non-hydrogen) atoms. The molecule has 3 aromatic rings. The number of benzene rings is 2. The van der Waals surface area contributed by atoms with Crippen molar-refractivity contribution in [3.63, 3.8) is 0 Å². The van der Waals surface area contributed by atoms with E-state index in [0.717, 1.165) is 12.1 Å². The number of anilines is 1. The van der Waals surface area contributed by atoms with E-state index in [4.69, 9.17) is 17.0 Å². The first-order valence-electron chi connectivity index (χ1n) is 8.59. The Balaban J connectivity index is 1.93. The second-order valence-electron chi connectivity index (χ2n) is 6.27. The number of rotatable bonds is 6. The molecule has 4 nitrogen and oxygen atoms in total. The average molecular weight is 436 g/mol. The average Bonchev–Trinajstić information content (AvgIpc) is 2.71. The maximum absolute atomic E-state index is 14.3. The lowest BCUT2D eigenvalue weighted by atomic mass is 10.00. The van der Waals surface area contributed by atoms with Gasteiger partial charge in [0.05, 0.1) is 23.2 Å². The fraction of sp³-hybridized carbons (Fsp3) is 0.0952. The van der Waals surface area contributed by atoms with E-state index >= 15 is 0 Å². The van der Waals surface area contributed by atoms with Crippen LogP contribution < -0.4 is 5.32 Å². The fourth-order valence-electron chi connectivity index (χ4n) is 2.89. The van der Waals surface area contributed by atoms with Crippen molar-refractivity contribution in [2.75, 3.05) is 5.32 Å². The van der Waals surface area contributed by atoms with Crippen LogP contribution in [-0.4, -0.2) is 17.0 Å². The molecule has 1 aromatic heterocycles. The van der Waals surface area contributed by atoms with Crippen LogP contribution in [0.2, 0.25) is 5.02 Å². The number of aromatic nitrogens is 1. The van der Waals surface area contributed by atoms with E-state index in [0.29, 0.717) is 6.29 Å². The minimum absolute atomic E-state index is 0.0617. The van der Waals surface area contributed by atoms with Crippen molar-refractivity contribution in [1.29, 1.82) is 5.41 Å². The van der Waals surface area contributed by atoms with Gasteiger partial charge in [-0.2, -0.15) is 13.2 Å². The first-order chi connectivity index (χ1) is 14.2. The van der Waals surface area contributed by atoms with Crippen LogP contribution in [-0.2, 0) is 12.7 Å². The molecule has 9 heteroatoms. The van der Waals surface area contributed by atoms with Crippen LogP contribution in [0.4, 0.5) is 23.2 Å². The molecule has 0 aliphatic carbocycles. The summed E-state index contributed by atoms with van der Waals surface area (Å²) in [5.74, 6) is -0.766. The molecule has 0 fully saturated rings. The summed E-state index contributed by atoms with van der Waals surface area (Å²) in [7, 11) is 0. The number of carbonyl (C=O) groups is 1. The van der Waals surface area contributed by atoms with E-state index in [1.54, 1.807) is 0 Å². The lowest BCUT2D eigenvalue weighted by molar-refractivity contribution is -0.138. The number of aldehydes is 1. The summed E-state index contributed by atoms with van der Waals surface area (Å²) in [4.78, 5) is 14.7. The van der Waals surface area contributed by atoms with Crippen LogP contribution in [0.5, 0.6) is 0 Å². The van der Waals surface area contributed by atoms with Crippen LogP contribution in [0.15, 0.2) is 54.9 Å². The number of nitrogens with one attached hydrogen (secondary N) is 2. The van der Waals surface area contributed by atoms with Gasteiger partial charge in [-0.25, -0.2) is 4.39 Å². The zero-order chi connectivity index (χ0) is 21.9. The normalized spacial score (nSPS) is 11.2. The highest BCUT2D eigenvalue weighted by Gasteiger charge is 2.34. The molecular weight excluding hydrogens is 422 g/mol. The third-order valence-corrected chi connectivity index (χ3v) is 4.72. The summed E-state index contributed by atoms with van der Waals surface area (Å²) in [6, 6.07) is 8.60. The van der Waals surface area contributed by atoms with Gasteiger partial charge in [0.25, 0.3) is 0 Å². The molecule has 2 aromatic carbocycles. The van der Waals surface area contributed by atoms with Crippen molar-refractivity contribution in [3.05, 3.63) is 93.5 Å². The van der Waals surface area contributed by atoms with Crippen molar-refractivity contribution >= 4 is 29.3 Å². The zero-order valence-electron chi connectivity index (χ0n) is 15.2. The Kier molecular flexibility index (Phi) is 6.17. The van der Waals surface area contributed by atoms with Gasteiger partial charge in [-0.15, -0.1) is 0 Å². The number of halogens is 5. The quantitative estimate of drug-likeness (QED) is 0.295. The molecule has 0 bridgehead atoms. The van der Waals surface area contributed by atoms with Crippen LogP contribution >= 0.6 is 11.6 Å². The van der Waals surface area contributed by atoms with Gasteiger partial charge in [-0.05, 0) is 30.3 Å². The predicted molar refractivity (Wildman–Crippen MR) is 106 cm³/mol. The number of nitrogens with zero attached hydrogens (tertiary/aromatic N) is 1. The summed E-state index contributed by atoms with van der Waals surface area (Å²) in [6.07, 6.45) is -1.40. The van der Waals surface area contributed by atoms with Gasteiger partial charge in [0.15, 0.2) is 0 Å². The molecule has 0 radical (unpaired) electrons. The van der Waals surface area contributed by atoms with Gasteiger partial charge in [0.1, 0.15) is 12.1 Å². The Morgan fingerprint density at radius 2 is 1.93 bits per heavy atom. The standard InChI is InChI=1S/C21H14ClF4N3O/c22-17-3-1-2-16(21(24,25)26)15(17)9-29-19-10-28-7-6-14(19)20(27)13-5-4-12(11-30)8-18(13)23/h1-8,10-11,27,29H,9H2. The fourth-order valence-corrected chi connectivity index (χ4v) is 3.13. The van der Waals surface area contributed by atoms with Crippen molar-refractivity contribution in [1.82, 2.24) is 4.98 Å². The number of hydrogen-bond donors (Lipinski definition) is 2. The van der Waals surface area contributed by atoms with Crippen LogP contribution in [0, 0.1) is 11.2 Å². The van der Waals surface area contributed by atoms with E-state index in [1.165, 1.54) is 42.7 Å². The second kappa shape index (κ2) is 8.62. The first kappa shape index (κ1) is 21.4. The number of pyridine rings is 1. The van der Waals surface area contributed by atoms with Crippen LogP contribution in [0.1, 0.15) is 32.6 Å². The molecule has 0 aliphatic rings. The highest BCUT2D eigenvalue weighted by atomic mass is 35.5. The van der Waals surface area contributed by atoms with Gasteiger partial charge >= 0.3 is 6.18 Å². The minimum atomic E-state index is -4.59.